The van der Waals surface area contributed by atoms with Crippen molar-refractivity contribution in [2.24, 2.45) is 0 Å². The molecule has 12 heteroatoms. The van der Waals surface area contributed by atoms with Gasteiger partial charge >= 0.3 is 11.9 Å². The quantitative estimate of drug-likeness (QED) is 0.281. The van der Waals surface area contributed by atoms with Gasteiger partial charge in [0.05, 0.1) is 30.4 Å². The van der Waals surface area contributed by atoms with Crippen LogP contribution in [0.1, 0.15) is 41.5 Å². The number of hydrogen-bond acceptors (Lipinski definition) is 8. The van der Waals surface area contributed by atoms with Crippen molar-refractivity contribution in [3.8, 4) is 22.9 Å². The van der Waals surface area contributed by atoms with E-state index in [4.69, 9.17) is 14.9 Å². The first kappa shape index (κ1) is 26.9. The molecule has 1 unspecified atom stereocenters. The number of benzene rings is 2. The predicted octanol–water partition coefficient (Wildman–Crippen LogP) is 2.73. The summed E-state index contributed by atoms with van der Waals surface area (Å²) in [7, 11) is 1.53. The fourth-order valence-corrected chi connectivity index (χ4v) is 4.52. The number of amides is 2. The van der Waals surface area contributed by atoms with Crippen LogP contribution in [0.25, 0.3) is 11.1 Å². The molecule has 0 aliphatic heterocycles. The minimum Gasteiger partial charge on any atom is -0.497 e. The largest absolute Gasteiger partial charge is 0.497 e. The van der Waals surface area contributed by atoms with Crippen LogP contribution in [0.2, 0.25) is 0 Å². The van der Waals surface area contributed by atoms with Crippen molar-refractivity contribution in [2.75, 3.05) is 19.0 Å². The lowest BCUT2D eigenvalue weighted by Gasteiger charge is -2.13. The number of nitrogens with one attached hydrogen (secondary N) is 2. The Labute approximate surface area is 214 Å². The Morgan fingerprint density at radius 3 is 2.27 bits per heavy atom. The zero-order chi connectivity index (χ0) is 27.3. The highest BCUT2D eigenvalue weighted by molar-refractivity contribution is 7.17. The average Bonchev–Trinajstić information content (AvgIpc) is 3.20. The van der Waals surface area contributed by atoms with Gasteiger partial charge in [0.1, 0.15) is 16.8 Å². The van der Waals surface area contributed by atoms with Crippen LogP contribution in [-0.4, -0.2) is 58.8 Å². The highest BCUT2D eigenvalue weighted by atomic mass is 32.1. The first-order chi connectivity index (χ1) is 17.6. The van der Waals surface area contributed by atoms with E-state index in [0.717, 1.165) is 40.0 Å². The van der Waals surface area contributed by atoms with Crippen LogP contribution in [0.3, 0.4) is 0 Å². The molecule has 0 aliphatic carbocycles. The summed E-state index contributed by atoms with van der Waals surface area (Å²) >= 11 is 1.15. The third kappa shape index (κ3) is 5.75. The zero-order valence-electron chi connectivity index (χ0n) is 19.6. The Morgan fingerprint density at radius 1 is 1.05 bits per heavy atom. The number of aryl methyl sites for hydroxylation is 1. The normalized spacial score (nSPS) is 11.2. The maximum atomic E-state index is 13.0. The number of carboxylic acids is 2. The van der Waals surface area contributed by atoms with E-state index in [9.17, 15) is 29.5 Å². The standard InChI is InChI=1S/C25H21N3O8S/c1-12-20(13-3-6-15(36-2)7-4-13)18(10-26)23(37-12)28-22(31)16-8-5-14(9-17(16)24(32)33)21(30)27-19(11-29)25(34)35/h3-9,19,29H,11H2,1-2H3,(H,27,30)(H,28,31)(H,32,33)(H,34,35). The molecule has 5 N–H and O–H groups in total. The molecule has 0 spiro atoms. The topological polar surface area (TPSA) is 186 Å². The van der Waals surface area contributed by atoms with Gasteiger partial charge in [0.2, 0.25) is 0 Å². The molecule has 0 bridgehead atoms. The molecule has 0 radical (unpaired) electrons. The maximum absolute atomic E-state index is 13.0. The van der Waals surface area contributed by atoms with E-state index in [1.54, 1.807) is 31.2 Å². The Kier molecular flexibility index (Phi) is 8.23. The molecule has 37 heavy (non-hydrogen) atoms. The van der Waals surface area contributed by atoms with E-state index in [2.05, 4.69) is 16.7 Å². The second kappa shape index (κ2) is 11.3. The molecular weight excluding hydrogens is 502 g/mol. The number of anilines is 1. The van der Waals surface area contributed by atoms with E-state index in [1.807, 2.05) is 0 Å². The minimum absolute atomic E-state index is 0.206. The van der Waals surface area contributed by atoms with Crippen molar-refractivity contribution in [1.82, 2.24) is 5.32 Å². The molecule has 190 valence electrons. The lowest BCUT2D eigenvalue weighted by atomic mass is 10.0. The summed E-state index contributed by atoms with van der Waals surface area (Å²) in [6.07, 6.45) is 0. The van der Waals surface area contributed by atoms with Gasteiger partial charge in [-0.15, -0.1) is 11.3 Å². The van der Waals surface area contributed by atoms with Gasteiger partial charge < -0.3 is 30.7 Å². The minimum atomic E-state index is -1.59. The fourth-order valence-electron chi connectivity index (χ4n) is 3.50. The van der Waals surface area contributed by atoms with Gasteiger partial charge in [-0.1, -0.05) is 12.1 Å². The summed E-state index contributed by atoms with van der Waals surface area (Å²) < 4.78 is 5.16. The fraction of sp³-hybridized carbons (Fsp3) is 0.160. The van der Waals surface area contributed by atoms with Crippen molar-refractivity contribution in [2.45, 2.75) is 13.0 Å². The summed E-state index contributed by atoms with van der Waals surface area (Å²) in [5.41, 5.74) is 0.548. The monoisotopic (exact) mass is 523 g/mol. The number of nitrogens with zero attached hydrogens (tertiary/aromatic N) is 1. The number of aromatic carboxylic acids is 1. The summed E-state index contributed by atoms with van der Waals surface area (Å²) in [6.45, 7) is 0.918. The maximum Gasteiger partial charge on any atom is 0.336 e. The lowest BCUT2D eigenvalue weighted by Crippen LogP contribution is -2.43. The molecule has 0 fully saturated rings. The second-order valence-corrected chi connectivity index (χ2v) is 8.87. The number of nitriles is 1. The van der Waals surface area contributed by atoms with Crippen LogP contribution < -0.4 is 15.4 Å². The zero-order valence-corrected chi connectivity index (χ0v) is 20.4. The number of methoxy groups -OCH3 is 1. The molecule has 0 saturated carbocycles. The van der Waals surface area contributed by atoms with Crippen LogP contribution in [-0.2, 0) is 4.79 Å². The van der Waals surface area contributed by atoms with Gasteiger partial charge in [0.15, 0.2) is 6.04 Å². The Balaban J connectivity index is 1.93. The molecule has 3 aromatic rings. The highest BCUT2D eigenvalue weighted by Gasteiger charge is 2.25. The van der Waals surface area contributed by atoms with Crippen LogP contribution in [0, 0.1) is 18.3 Å². The highest BCUT2D eigenvalue weighted by Crippen LogP contribution is 2.40. The van der Waals surface area contributed by atoms with Gasteiger partial charge in [0, 0.05) is 16.0 Å². The molecule has 0 saturated heterocycles. The molecular formula is C25H21N3O8S. The number of carboxylic acid groups (broad SMARTS) is 2. The summed E-state index contributed by atoms with van der Waals surface area (Å²) in [6, 6.07) is 10.7. The average molecular weight is 524 g/mol. The molecule has 11 nitrogen and oxygen atoms in total. The van der Waals surface area contributed by atoms with Crippen LogP contribution in [0.4, 0.5) is 5.00 Å². The second-order valence-electron chi connectivity index (χ2n) is 7.64. The Hall–Kier alpha value is -4.73. The molecule has 2 amide bonds. The smallest absolute Gasteiger partial charge is 0.336 e. The SMILES string of the molecule is COc1ccc(-c2c(C)sc(NC(=O)c3ccc(C(=O)NC(CO)C(=O)O)cc3C(=O)O)c2C#N)cc1. The summed E-state index contributed by atoms with van der Waals surface area (Å²) in [5.74, 6) is -4.10. The number of hydrogen-bond donors (Lipinski definition) is 5. The van der Waals surface area contributed by atoms with Crippen molar-refractivity contribution in [3.63, 3.8) is 0 Å². The van der Waals surface area contributed by atoms with E-state index < -0.39 is 42.0 Å². The van der Waals surface area contributed by atoms with Crippen molar-refractivity contribution in [3.05, 3.63) is 69.6 Å². The van der Waals surface area contributed by atoms with Crippen LogP contribution in [0.5, 0.6) is 5.75 Å². The number of aliphatic carboxylic acids is 1. The van der Waals surface area contributed by atoms with Gasteiger partial charge in [-0.3, -0.25) is 9.59 Å². The van der Waals surface area contributed by atoms with Gasteiger partial charge in [0.25, 0.3) is 11.8 Å². The molecule has 1 atom stereocenters. The number of thiophene rings is 1. The van der Waals surface area contributed by atoms with E-state index in [0.29, 0.717) is 11.3 Å². The number of rotatable bonds is 9. The van der Waals surface area contributed by atoms with Crippen molar-refractivity contribution in [1.29, 1.82) is 5.26 Å². The Morgan fingerprint density at radius 2 is 1.73 bits per heavy atom. The van der Waals surface area contributed by atoms with E-state index in [1.165, 1.54) is 7.11 Å². The number of carbonyl (C=O) groups excluding carboxylic acids is 2. The van der Waals surface area contributed by atoms with Crippen LogP contribution in [0.15, 0.2) is 42.5 Å². The predicted molar refractivity (Wildman–Crippen MR) is 133 cm³/mol. The first-order valence-electron chi connectivity index (χ1n) is 10.6. The van der Waals surface area contributed by atoms with E-state index in [-0.39, 0.29) is 21.7 Å². The Bertz CT molecular complexity index is 1420. The molecule has 1 heterocycles. The van der Waals surface area contributed by atoms with Gasteiger partial charge in [-0.25, -0.2) is 9.59 Å². The van der Waals surface area contributed by atoms with Crippen LogP contribution >= 0.6 is 11.3 Å². The van der Waals surface area contributed by atoms with Crippen molar-refractivity contribution < 1.29 is 39.2 Å². The number of aliphatic hydroxyl groups excluding tert-OH is 1. The molecule has 0 aliphatic rings. The lowest BCUT2D eigenvalue weighted by molar-refractivity contribution is -0.140. The van der Waals surface area contributed by atoms with Gasteiger partial charge in [-0.2, -0.15) is 5.26 Å². The number of aliphatic hydroxyl groups is 1. The summed E-state index contributed by atoms with van der Waals surface area (Å²) in [4.78, 5) is 49.0. The van der Waals surface area contributed by atoms with Crippen molar-refractivity contribution >= 4 is 40.1 Å². The van der Waals surface area contributed by atoms with E-state index >= 15 is 0 Å². The number of ether oxygens (including phenoxy) is 1. The third-order valence-corrected chi connectivity index (χ3v) is 6.37. The first-order valence-corrected chi connectivity index (χ1v) is 11.4. The number of carbonyl (C=O) groups is 4. The molecule has 1 aromatic heterocycles. The van der Waals surface area contributed by atoms with Gasteiger partial charge in [-0.05, 0) is 42.8 Å². The molecule has 2 aromatic carbocycles. The third-order valence-electron chi connectivity index (χ3n) is 5.34. The molecule has 3 rings (SSSR count). The summed E-state index contributed by atoms with van der Waals surface area (Å²) in [5, 5.41) is 42.4.